The SMILES string of the molecule is C=C1C2=C(C(=O)C(OC)=C(C(C)C)C2=O)[C@@]2(C)CCCC(C)(C)[C@]12O. The molecule has 0 bridgehead atoms. The lowest BCUT2D eigenvalue weighted by atomic mass is 9.52. The summed E-state index contributed by atoms with van der Waals surface area (Å²) in [6, 6.07) is 0. The number of rotatable bonds is 2. The summed E-state index contributed by atoms with van der Waals surface area (Å²) in [4.78, 5) is 26.6. The highest BCUT2D eigenvalue weighted by Crippen LogP contribution is 2.67. The minimum atomic E-state index is -1.31. The number of ketones is 2. The maximum absolute atomic E-state index is 13.3. The van der Waals surface area contributed by atoms with Gasteiger partial charge in [-0.2, -0.15) is 0 Å². The molecule has 0 aliphatic heterocycles. The van der Waals surface area contributed by atoms with Gasteiger partial charge in [0.1, 0.15) is 5.60 Å². The van der Waals surface area contributed by atoms with Gasteiger partial charge in [0, 0.05) is 22.1 Å². The van der Waals surface area contributed by atoms with E-state index in [-0.39, 0.29) is 23.2 Å². The lowest BCUT2D eigenvalue weighted by Gasteiger charge is -2.55. The molecular weight excluding hydrogens is 316 g/mol. The van der Waals surface area contributed by atoms with E-state index in [0.717, 1.165) is 12.8 Å². The molecule has 0 radical (unpaired) electrons. The standard InChI is InChI=1S/C21H28O4/c1-11(2)13-16(22)14-12(3)21(24)19(4,5)9-8-10-20(21,6)15(14)17(23)18(13)25-7/h11,24H,3,8-10H2,1-2,4-7H3/t20-,21-/m1/s1. The molecule has 0 heterocycles. The number of carbonyl (C=O) groups excluding carboxylic acids is 2. The molecule has 3 aliphatic rings. The summed E-state index contributed by atoms with van der Waals surface area (Å²) < 4.78 is 5.36. The van der Waals surface area contributed by atoms with Crippen molar-refractivity contribution in [1.29, 1.82) is 0 Å². The molecule has 0 aromatic carbocycles. The number of hydrogen-bond acceptors (Lipinski definition) is 4. The third kappa shape index (κ3) is 1.86. The predicted octanol–water partition coefficient (Wildman–Crippen LogP) is 3.51. The maximum atomic E-state index is 13.3. The van der Waals surface area contributed by atoms with Crippen LogP contribution in [0.1, 0.15) is 53.9 Å². The summed E-state index contributed by atoms with van der Waals surface area (Å²) >= 11 is 0. The molecule has 0 saturated heterocycles. The molecule has 1 N–H and O–H groups in total. The number of ether oxygens (including phenoxy) is 1. The van der Waals surface area contributed by atoms with Gasteiger partial charge in [0.15, 0.2) is 11.5 Å². The Morgan fingerprint density at radius 3 is 2.24 bits per heavy atom. The Labute approximate surface area is 149 Å². The third-order valence-corrected chi connectivity index (χ3v) is 6.73. The summed E-state index contributed by atoms with van der Waals surface area (Å²) in [5, 5.41) is 11.8. The van der Waals surface area contributed by atoms with Gasteiger partial charge >= 0.3 is 0 Å². The Hall–Kier alpha value is -1.68. The number of aliphatic hydroxyl groups is 1. The number of carbonyl (C=O) groups is 2. The minimum Gasteiger partial charge on any atom is -0.492 e. The van der Waals surface area contributed by atoms with E-state index in [9.17, 15) is 14.7 Å². The summed E-state index contributed by atoms with van der Waals surface area (Å²) in [6.45, 7) is 13.8. The molecule has 3 rings (SSSR count). The Morgan fingerprint density at radius 2 is 1.72 bits per heavy atom. The Morgan fingerprint density at radius 1 is 1.12 bits per heavy atom. The number of Topliss-reactive ketones (excluding diaryl/α,β-unsaturated/α-hetero) is 2. The molecule has 4 heteroatoms. The zero-order valence-electron chi connectivity index (χ0n) is 16.1. The zero-order chi connectivity index (χ0) is 18.9. The van der Waals surface area contributed by atoms with E-state index in [1.54, 1.807) is 0 Å². The van der Waals surface area contributed by atoms with Crippen LogP contribution in [0.25, 0.3) is 0 Å². The van der Waals surface area contributed by atoms with Gasteiger partial charge < -0.3 is 9.84 Å². The molecule has 0 amide bonds. The van der Waals surface area contributed by atoms with Gasteiger partial charge in [0.25, 0.3) is 0 Å². The van der Waals surface area contributed by atoms with Crippen molar-refractivity contribution < 1.29 is 19.4 Å². The Bertz CT molecular complexity index is 765. The normalized spacial score (nSPS) is 34.6. The Balaban J connectivity index is 2.30. The second-order valence-corrected chi connectivity index (χ2v) is 8.77. The second kappa shape index (κ2) is 5.16. The number of hydrogen-bond donors (Lipinski definition) is 1. The van der Waals surface area contributed by atoms with Crippen molar-refractivity contribution in [1.82, 2.24) is 0 Å². The highest BCUT2D eigenvalue weighted by Gasteiger charge is 2.68. The molecule has 0 aromatic rings. The van der Waals surface area contributed by atoms with Gasteiger partial charge in [-0.25, -0.2) is 0 Å². The van der Waals surface area contributed by atoms with Gasteiger partial charge in [0.05, 0.1) is 7.11 Å². The fourth-order valence-electron chi connectivity index (χ4n) is 5.46. The molecule has 136 valence electrons. The molecule has 0 spiro atoms. The van der Waals surface area contributed by atoms with E-state index in [4.69, 9.17) is 4.74 Å². The molecule has 4 nitrogen and oxygen atoms in total. The molecule has 3 aliphatic carbocycles. The highest BCUT2D eigenvalue weighted by atomic mass is 16.5. The van der Waals surface area contributed by atoms with E-state index in [0.29, 0.717) is 28.7 Å². The molecule has 1 fully saturated rings. The van der Waals surface area contributed by atoms with Crippen LogP contribution >= 0.6 is 0 Å². The maximum Gasteiger partial charge on any atom is 0.225 e. The molecular formula is C21H28O4. The smallest absolute Gasteiger partial charge is 0.225 e. The number of fused-ring (bicyclic) bond motifs is 2. The van der Waals surface area contributed by atoms with E-state index in [1.807, 2.05) is 34.6 Å². The van der Waals surface area contributed by atoms with Crippen molar-refractivity contribution in [3.8, 4) is 0 Å². The van der Waals surface area contributed by atoms with E-state index < -0.39 is 16.4 Å². The zero-order valence-corrected chi connectivity index (χ0v) is 16.1. The van der Waals surface area contributed by atoms with Gasteiger partial charge in [-0.15, -0.1) is 0 Å². The lowest BCUT2D eigenvalue weighted by molar-refractivity contribution is -0.139. The van der Waals surface area contributed by atoms with Crippen LogP contribution in [0.3, 0.4) is 0 Å². The summed E-state index contributed by atoms with van der Waals surface area (Å²) in [5.41, 5.74) is -1.08. The Kier molecular flexibility index (Phi) is 3.74. The van der Waals surface area contributed by atoms with Crippen molar-refractivity contribution in [3.63, 3.8) is 0 Å². The fraction of sp³-hybridized carbons (Fsp3) is 0.619. The van der Waals surface area contributed by atoms with Crippen LogP contribution < -0.4 is 0 Å². The monoisotopic (exact) mass is 344 g/mol. The van der Waals surface area contributed by atoms with Crippen LogP contribution in [0.4, 0.5) is 0 Å². The lowest BCUT2D eigenvalue weighted by Crippen LogP contribution is -2.58. The molecule has 0 unspecified atom stereocenters. The van der Waals surface area contributed by atoms with Gasteiger partial charge in [0.2, 0.25) is 5.78 Å². The van der Waals surface area contributed by atoms with Crippen LogP contribution in [-0.4, -0.2) is 29.4 Å². The van der Waals surface area contributed by atoms with Crippen LogP contribution in [0, 0.1) is 16.7 Å². The molecule has 1 saturated carbocycles. The van der Waals surface area contributed by atoms with E-state index in [1.165, 1.54) is 7.11 Å². The highest BCUT2D eigenvalue weighted by molar-refractivity contribution is 6.28. The van der Waals surface area contributed by atoms with Crippen molar-refractivity contribution in [2.45, 2.75) is 59.5 Å². The molecule has 2 atom stereocenters. The molecule has 0 aromatic heterocycles. The predicted molar refractivity (Wildman–Crippen MR) is 95.7 cm³/mol. The number of methoxy groups -OCH3 is 1. The van der Waals surface area contributed by atoms with Gasteiger partial charge in [-0.05, 0) is 29.7 Å². The first-order valence-corrected chi connectivity index (χ1v) is 9.00. The summed E-state index contributed by atoms with van der Waals surface area (Å²) in [5.74, 6) is -0.504. The van der Waals surface area contributed by atoms with Crippen LogP contribution in [-0.2, 0) is 14.3 Å². The summed E-state index contributed by atoms with van der Waals surface area (Å²) in [7, 11) is 1.43. The largest absolute Gasteiger partial charge is 0.492 e. The van der Waals surface area contributed by atoms with Gasteiger partial charge in [-0.1, -0.05) is 47.6 Å². The van der Waals surface area contributed by atoms with Crippen molar-refractivity contribution in [2.24, 2.45) is 16.7 Å². The molecule has 25 heavy (non-hydrogen) atoms. The van der Waals surface area contributed by atoms with E-state index >= 15 is 0 Å². The van der Waals surface area contributed by atoms with Crippen LogP contribution in [0.15, 0.2) is 34.6 Å². The van der Waals surface area contributed by atoms with Crippen molar-refractivity contribution >= 4 is 11.6 Å². The van der Waals surface area contributed by atoms with E-state index in [2.05, 4.69) is 6.58 Å². The van der Waals surface area contributed by atoms with Crippen LogP contribution in [0.2, 0.25) is 0 Å². The third-order valence-electron chi connectivity index (χ3n) is 6.73. The van der Waals surface area contributed by atoms with Gasteiger partial charge in [-0.3, -0.25) is 9.59 Å². The summed E-state index contributed by atoms with van der Waals surface area (Å²) in [6.07, 6.45) is 2.36. The number of allylic oxidation sites excluding steroid dienone is 2. The first-order chi connectivity index (χ1) is 11.5. The quantitative estimate of drug-likeness (QED) is 0.779. The average Bonchev–Trinajstić information content (AvgIpc) is 2.70. The van der Waals surface area contributed by atoms with Crippen molar-refractivity contribution in [3.05, 3.63) is 34.6 Å². The fourth-order valence-corrected chi connectivity index (χ4v) is 5.46. The topological polar surface area (TPSA) is 63.6 Å². The second-order valence-electron chi connectivity index (χ2n) is 8.77. The first kappa shape index (κ1) is 18.1. The minimum absolute atomic E-state index is 0.125. The van der Waals surface area contributed by atoms with Crippen molar-refractivity contribution in [2.75, 3.05) is 7.11 Å². The average molecular weight is 344 g/mol. The first-order valence-electron chi connectivity index (χ1n) is 9.00. The van der Waals surface area contributed by atoms with Crippen LogP contribution in [0.5, 0.6) is 0 Å².